The Labute approximate surface area is 136 Å². The van der Waals surface area contributed by atoms with Crippen molar-refractivity contribution in [1.29, 1.82) is 0 Å². The topological polar surface area (TPSA) is 70.6 Å². The van der Waals surface area contributed by atoms with Crippen LogP contribution in [0.15, 0.2) is 4.99 Å². The standard InChI is InChI=1S/C16H33N3O2S/c1-3-17-16(19-13-14-22(20,21)4-2)18-12-8-11-15-9-6-5-7-10-15/h15H,3-14H2,1-2H3,(H2,17,18,19). The van der Waals surface area contributed by atoms with Gasteiger partial charge in [-0.05, 0) is 25.7 Å². The number of rotatable bonds is 9. The second-order valence-electron chi connectivity index (χ2n) is 6.07. The van der Waals surface area contributed by atoms with Gasteiger partial charge >= 0.3 is 0 Å². The van der Waals surface area contributed by atoms with Crippen molar-refractivity contribution in [3.63, 3.8) is 0 Å². The van der Waals surface area contributed by atoms with Crippen LogP contribution in [0.5, 0.6) is 0 Å². The van der Waals surface area contributed by atoms with Gasteiger partial charge in [0.2, 0.25) is 0 Å². The first kappa shape index (κ1) is 19.3. The van der Waals surface area contributed by atoms with E-state index in [0.717, 1.165) is 31.4 Å². The SMILES string of the molecule is CCNC(=NCCCC1CCCCC1)NCCS(=O)(=O)CC. The molecular weight excluding hydrogens is 298 g/mol. The molecule has 0 aromatic heterocycles. The molecule has 1 aliphatic rings. The maximum atomic E-state index is 11.5. The largest absolute Gasteiger partial charge is 0.357 e. The minimum Gasteiger partial charge on any atom is -0.357 e. The number of nitrogens with one attached hydrogen (secondary N) is 2. The minimum absolute atomic E-state index is 0.163. The summed E-state index contributed by atoms with van der Waals surface area (Å²) in [5.74, 6) is 1.99. The third kappa shape index (κ3) is 8.61. The highest BCUT2D eigenvalue weighted by Crippen LogP contribution is 2.27. The van der Waals surface area contributed by atoms with E-state index in [1.807, 2.05) is 6.92 Å². The van der Waals surface area contributed by atoms with Crippen LogP contribution in [0.3, 0.4) is 0 Å². The van der Waals surface area contributed by atoms with Crippen LogP contribution in [-0.2, 0) is 9.84 Å². The summed E-state index contributed by atoms with van der Waals surface area (Å²) in [6.07, 6.45) is 9.35. The monoisotopic (exact) mass is 331 g/mol. The van der Waals surface area contributed by atoms with E-state index in [9.17, 15) is 8.42 Å². The number of sulfone groups is 1. The Morgan fingerprint density at radius 3 is 2.50 bits per heavy atom. The van der Waals surface area contributed by atoms with Crippen molar-refractivity contribution >= 4 is 15.8 Å². The Morgan fingerprint density at radius 2 is 1.86 bits per heavy atom. The van der Waals surface area contributed by atoms with Gasteiger partial charge in [0.05, 0.1) is 5.75 Å². The van der Waals surface area contributed by atoms with Gasteiger partial charge in [0.15, 0.2) is 15.8 Å². The first-order valence-electron chi connectivity index (χ1n) is 8.80. The molecule has 1 fully saturated rings. The fraction of sp³-hybridized carbons (Fsp3) is 0.938. The van der Waals surface area contributed by atoms with Gasteiger partial charge in [0.1, 0.15) is 0 Å². The zero-order chi connectivity index (χ0) is 16.3. The van der Waals surface area contributed by atoms with E-state index in [1.54, 1.807) is 6.92 Å². The molecule has 5 nitrogen and oxygen atoms in total. The van der Waals surface area contributed by atoms with Crippen molar-refractivity contribution in [2.75, 3.05) is 31.1 Å². The van der Waals surface area contributed by atoms with Gasteiger partial charge in [-0.3, -0.25) is 4.99 Å². The summed E-state index contributed by atoms with van der Waals surface area (Å²) in [6.45, 7) is 5.72. The van der Waals surface area contributed by atoms with Crippen LogP contribution in [0.1, 0.15) is 58.8 Å². The van der Waals surface area contributed by atoms with Gasteiger partial charge in [0.25, 0.3) is 0 Å². The fourth-order valence-corrected chi connectivity index (χ4v) is 3.56. The Morgan fingerprint density at radius 1 is 1.14 bits per heavy atom. The van der Waals surface area contributed by atoms with Gasteiger partial charge < -0.3 is 10.6 Å². The molecule has 0 heterocycles. The van der Waals surface area contributed by atoms with E-state index in [2.05, 4.69) is 15.6 Å². The molecule has 0 radical (unpaired) electrons. The first-order valence-corrected chi connectivity index (χ1v) is 10.6. The van der Waals surface area contributed by atoms with Crippen LogP contribution < -0.4 is 10.6 Å². The first-order chi connectivity index (χ1) is 10.6. The number of hydrogen-bond donors (Lipinski definition) is 2. The molecular formula is C16H33N3O2S. The van der Waals surface area contributed by atoms with E-state index in [-0.39, 0.29) is 11.5 Å². The maximum absolute atomic E-state index is 11.5. The van der Waals surface area contributed by atoms with Crippen molar-refractivity contribution in [2.24, 2.45) is 10.9 Å². The summed E-state index contributed by atoms with van der Waals surface area (Å²) in [6, 6.07) is 0. The summed E-state index contributed by atoms with van der Waals surface area (Å²) in [5, 5.41) is 6.28. The Bertz CT molecular complexity index is 415. The third-order valence-corrected chi connectivity index (χ3v) is 5.96. The van der Waals surface area contributed by atoms with Gasteiger partial charge in [-0.1, -0.05) is 39.0 Å². The van der Waals surface area contributed by atoms with Crippen molar-refractivity contribution in [3.8, 4) is 0 Å². The molecule has 0 amide bonds. The average molecular weight is 332 g/mol. The molecule has 1 rings (SSSR count). The normalized spacial score (nSPS) is 17.5. The second kappa shape index (κ2) is 10.9. The highest BCUT2D eigenvalue weighted by atomic mass is 32.2. The van der Waals surface area contributed by atoms with Gasteiger partial charge in [0, 0.05) is 25.4 Å². The highest BCUT2D eigenvalue weighted by molar-refractivity contribution is 7.91. The van der Waals surface area contributed by atoms with Crippen LogP contribution in [-0.4, -0.2) is 45.5 Å². The lowest BCUT2D eigenvalue weighted by Crippen LogP contribution is -2.39. The predicted molar refractivity (Wildman–Crippen MR) is 94.1 cm³/mol. The van der Waals surface area contributed by atoms with Gasteiger partial charge in [-0.2, -0.15) is 0 Å². The number of hydrogen-bond acceptors (Lipinski definition) is 3. The smallest absolute Gasteiger partial charge is 0.191 e. The van der Waals surface area contributed by atoms with E-state index in [1.165, 1.54) is 38.5 Å². The molecule has 130 valence electrons. The quantitative estimate of drug-likeness (QED) is 0.386. The second-order valence-corrected chi connectivity index (χ2v) is 8.54. The predicted octanol–water partition coefficient (Wildman–Crippen LogP) is 2.34. The third-order valence-electron chi connectivity index (χ3n) is 4.25. The van der Waals surface area contributed by atoms with Crippen molar-refractivity contribution in [1.82, 2.24) is 10.6 Å². The van der Waals surface area contributed by atoms with Crippen LogP contribution >= 0.6 is 0 Å². The highest BCUT2D eigenvalue weighted by Gasteiger charge is 2.12. The Balaban J connectivity index is 2.25. The zero-order valence-electron chi connectivity index (χ0n) is 14.2. The Hall–Kier alpha value is -0.780. The average Bonchev–Trinajstić information content (AvgIpc) is 2.52. The molecule has 1 saturated carbocycles. The lowest BCUT2D eigenvalue weighted by molar-refractivity contribution is 0.334. The molecule has 0 aliphatic heterocycles. The molecule has 22 heavy (non-hydrogen) atoms. The van der Waals surface area contributed by atoms with Crippen LogP contribution in [0.25, 0.3) is 0 Å². The van der Waals surface area contributed by atoms with E-state index in [0.29, 0.717) is 6.54 Å². The number of nitrogens with zero attached hydrogens (tertiary/aromatic N) is 1. The van der Waals surface area contributed by atoms with Crippen molar-refractivity contribution in [2.45, 2.75) is 58.8 Å². The molecule has 0 aromatic carbocycles. The van der Waals surface area contributed by atoms with Gasteiger partial charge in [-0.25, -0.2) is 8.42 Å². The summed E-state index contributed by atoms with van der Waals surface area (Å²) in [5.41, 5.74) is 0. The van der Waals surface area contributed by atoms with E-state index in [4.69, 9.17) is 0 Å². The number of guanidine groups is 1. The molecule has 0 atom stereocenters. The lowest BCUT2D eigenvalue weighted by Gasteiger charge is -2.20. The van der Waals surface area contributed by atoms with Crippen molar-refractivity contribution < 1.29 is 8.42 Å². The zero-order valence-corrected chi connectivity index (χ0v) is 15.1. The van der Waals surface area contributed by atoms with Crippen LogP contribution in [0.4, 0.5) is 0 Å². The molecule has 0 aromatic rings. The summed E-state index contributed by atoms with van der Waals surface area (Å²) >= 11 is 0. The summed E-state index contributed by atoms with van der Waals surface area (Å²) in [4.78, 5) is 4.54. The Kier molecular flexibility index (Phi) is 9.52. The summed E-state index contributed by atoms with van der Waals surface area (Å²) in [7, 11) is -2.92. The van der Waals surface area contributed by atoms with E-state index >= 15 is 0 Å². The minimum atomic E-state index is -2.92. The molecule has 0 bridgehead atoms. The molecule has 0 saturated heterocycles. The molecule has 1 aliphatic carbocycles. The lowest BCUT2D eigenvalue weighted by atomic mass is 9.86. The molecule has 2 N–H and O–H groups in total. The summed E-state index contributed by atoms with van der Waals surface area (Å²) < 4.78 is 22.9. The maximum Gasteiger partial charge on any atom is 0.191 e. The molecule has 6 heteroatoms. The van der Waals surface area contributed by atoms with E-state index < -0.39 is 9.84 Å². The van der Waals surface area contributed by atoms with Crippen LogP contribution in [0.2, 0.25) is 0 Å². The molecule has 0 spiro atoms. The van der Waals surface area contributed by atoms with Crippen molar-refractivity contribution in [3.05, 3.63) is 0 Å². The van der Waals surface area contributed by atoms with Gasteiger partial charge in [-0.15, -0.1) is 0 Å². The van der Waals surface area contributed by atoms with Crippen LogP contribution in [0, 0.1) is 5.92 Å². The number of aliphatic imine (C=N–C) groups is 1. The molecule has 0 unspecified atom stereocenters. The fourth-order valence-electron chi connectivity index (χ4n) is 2.86.